The Kier molecular flexibility index (Phi) is 4.59. The number of aromatic nitrogens is 1. The summed E-state index contributed by atoms with van der Waals surface area (Å²) < 4.78 is 0. The zero-order valence-electron chi connectivity index (χ0n) is 13.5. The molecule has 126 valence electrons. The standard InChI is InChI=1S/C18H20N2O4/c1-10(21)17(22)16-15(18(23)24)14(11-6-8-19-9-7-11)12-4-2-3-5-13(12)20-16/h2-5,10-11,19,21H,6-9H2,1H3,(H,23,24). The van der Waals surface area contributed by atoms with Crippen LogP contribution in [0.5, 0.6) is 0 Å². The van der Waals surface area contributed by atoms with Crippen molar-refractivity contribution >= 4 is 22.7 Å². The van der Waals surface area contributed by atoms with Crippen LogP contribution in [0.4, 0.5) is 0 Å². The molecule has 6 heteroatoms. The molecule has 2 heterocycles. The second-order valence-electron chi connectivity index (χ2n) is 6.14. The number of para-hydroxylation sites is 1. The SMILES string of the molecule is CC(O)C(=O)c1nc2ccccc2c(C2CCNCC2)c1C(=O)O. The number of fused-ring (bicyclic) bond motifs is 1. The minimum Gasteiger partial charge on any atom is -0.478 e. The van der Waals surface area contributed by atoms with Gasteiger partial charge in [0.15, 0.2) is 0 Å². The number of hydrogen-bond acceptors (Lipinski definition) is 5. The molecule has 1 fully saturated rings. The lowest BCUT2D eigenvalue weighted by Gasteiger charge is -2.26. The van der Waals surface area contributed by atoms with Crippen molar-refractivity contribution in [2.45, 2.75) is 31.8 Å². The first kappa shape index (κ1) is 16.5. The van der Waals surface area contributed by atoms with Gasteiger partial charge in [-0.2, -0.15) is 0 Å². The van der Waals surface area contributed by atoms with Gasteiger partial charge < -0.3 is 15.5 Å². The van der Waals surface area contributed by atoms with E-state index in [0.29, 0.717) is 11.1 Å². The minimum absolute atomic E-state index is 0.0470. The van der Waals surface area contributed by atoms with Gasteiger partial charge in [0.2, 0.25) is 5.78 Å². The Morgan fingerprint density at radius 2 is 1.92 bits per heavy atom. The molecule has 0 bridgehead atoms. The maximum Gasteiger partial charge on any atom is 0.338 e. The molecule has 0 amide bonds. The maximum atomic E-state index is 12.4. The van der Waals surface area contributed by atoms with E-state index in [9.17, 15) is 19.8 Å². The number of hydrogen-bond donors (Lipinski definition) is 3. The highest BCUT2D eigenvalue weighted by atomic mass is 16.4. The van der Waals surface area contributed by atoms with E-state index in [1.807, 2.05) is 12.1 Å². The van der Waals surface area contributed by atoms with Gasteiger partial charge in [-0.3, -0.25) is 4.79 Å². The molecule has 1 aromatic carbocycles. The fourth-order valence-electron chi connectivity index (χ4n) is 3.36. The summed E-state index contributed by atoms with van der Waals surface area (Å²) in [5.41, 5.74) is 1.04. The van der Waals surface area contributed by atoms with Crippen molar-refractivity contribution < 1.29 is 19.8 Å². The Labute approximate surface area is 139 Å². The van der Waals surface area contributed by atoms with E-state index in [4.69, 9.17) is 0 Å². The van der Waals surface area contributed by atoms with Gasteiger partial charge in [0.25, 0.3) is 0 Å². The summed E-state index contributed by atoms with van der Waals surface area (Å²) >= 11 is 0. The largest absolute Gasteiger partial charge is 0.478 e. The second kappa shape index (κ2) is 6.67. The number of aliphatic hydroxyl groups excluding tert-OH is 1. The number of carbonyl (C=O) groups is 2. The monoisotopic (exact) mass is 328 g/mol. The van der Waals surface area contributed by atoms with Gasteiger partial charge in [-0.25, -0.2) is 9.78 Å². The van der Waals surface area contributed by atoms with Gasteiger partial charge in [0.1, 0.15) is 11.8 Å². The molecule has 3 rings (SSSR count). The van der Waals surface area contributed by atoms with Gasteiger partial charge in [0, 0.05) is 5.39 Å². The Bertz CT molecular complexity index is 795. The van der Waals surface area contributed by atoms with Crippen molar-refractivity contribution in [2.75, 3.05) is 13.1 Å². The third-order valence-corrected chi connectivity index (χ3v) is 4.51. The van der Waals surface area contributed by atoms with Crippen LogP contribution in [0.25, 0.3) is 10.9 Å². The summed E-state index contributed by atoms with van der Waals surface area (Å²) in [4.78, 5) is 28.6. The molecule has 1 aliphatic heterocycles. The number of carboxylic acid groups (broad SMARTS) is 1. The molecule has 6 nitrogen and oxygen atoms in total. The molecule has 1 atom stereocenters. The summed E-state index contributed by atoms with van der Waals surface area (Å²) in [5.74, 6) is -1.79. The van der Waals surface area contributed by atoms with E-state index in [1.54, 1.807) is 12.1 Å². The van der Waals surface area contributed by atoms with E-state index < -0.39 is 17.9 Å². The molecule has 0 aliphatic carbocycles. The lowest BCUT2D eigenvalue weighted by Crippen LogP contribution is -2.29. The van der Waals surface area contributed by atoms with E-state index in [0.717, 1.165) is 31.3 Å². The summed E-state index contributed by atoms with van der Waals surface area (Å²) in [6, 6.07) is 7.27. The van der Waals surface area contributed by atoms with Crippen LogP contribution >= 0.6 is 0 Å². The van der Waals surface area contributed by atoms with Crippen LogP contribution in [0, 0.1) is 0 Å². The normalized spacial score (nSPS) is 16.9. The molecular formula is C18H20N2O4. The Morgan fingerprint density at radius 3 is 2.54 bits per heavy atom. The number of carbonyl (C=O) groups excluding carboxylic acids is 1. The lowest BCUT2D eigenvalue weighted by molar-refractivity contribution is 0.0678. The van der Waals surface area contributed by atoms with Crippen LogP contribution in [0.2, 0.25) is 0 Å². The minimum atomic E-state index is -1.29. The number of nitrogens with one attached hydrogen (secondary N) is 1. The first-order valence-electron chi connectivity index (χ1n) is 8.09. The Balaban J connectivity index is 2.33. The molecule has 0 radical (unpaired) electrons. The maximum absolute atomic E-state index is 12.4. The first-order valence-corrected chi connectivity index (χ1v) is 8.09. The first-order chi connectivity index (χ1) is 11.5. The molecule has 24 heavy (non-hydrogen) atoms. The predicted octanol–water partition coefficient (Wildman–Crippen LogP) is 1.96. The number of ketones is 1. The summed E-state index contributed by atoms with van der Waals surface area (Å²) in [6.45, 7) is 2.94. The fourth-order valence-corrected chi connectivity index (χ4v) is 3.36. The van der Waals surface area contributed by atoms with Crippen molar-refractivity contribution in [1.82, 2.24) is 10.3 Å². The van der Waals surface area contributed by atoms with Gasteiger partial charge in [-0.15, -0.1) is 0 Å². The van der Waals surface area contributed by atoms with Crippen molar-refractivity contribution in [2.24, 2.45) is 0 Å². The number of aliphatic hydroxyl groups is 1. The third kappa shape index (κ3) is 2.90. The van der Waals surface area contributed by atoms with Gasteiger partial charge in [0.05, 0.1) is 11.1 Å². The Morgan fingerprint density at radius 1 is 1.25 bits per heavy atom. The van der Waals surface area contributed by atoms with Crippen molar-refractivity contribution in [3.8, 4) is 0 Å². The molecular weight excluding hydrogens is 308 g/mol. The molecule has 1 unspecified atom stereocenters. The molecule has 1 saturated heterocycles. The number of benzene rings is 1. The zero-order chi connectivity index (χ0) is 17.3. The number of Topliss-reactive ketones (excluding diaryl/α,β-unsaturated/α-hetero) is 1. The Hall–Kier alpha value is -2.31. The number of aromatic carboxylic acids is 1. The van der Waals surface area contributed by atoms with Crippen LogP contribution in [-0.4, -0.2) is 46.1 Å². The topological polar surface area (TPSA) is 99.5 Å². The van der Waals surface area contributed by atoms with Crippen LogP contribution in [0.3, 0.4) is 0 Å². The van der Waals surface area contributed by atoms with Gasteiger partial charge in [-0.1, -0.05) is 18.2 Å². The molecule has 0 saturated carbocycles. The molecule has 1 aliphatic rings. The van der Waals surface area contributed by atoms with E-state index in [1.165, 1.54) is 6.92 Å². The lowest BCUT2D eigenvalue weighted by atomic mass is 9.83. The highest BCUT2D eigenvalue weighted by molar-refractivity contribution is 6.10. The molecule has 0 spiro atoms. The van der Waals surface area contributed by atoms with Crippen LogP contribution < -0.4 is 5.32 Å². The molecule has 3 N–H and O–H groups in total. The van der Waals surface area contributed by atoms with E-state index >= 15 is 0 Å². The average Bonchev–Trinajstić information content (AvgIpc) is 2.59. The van der Waals surface area contributed by atoms with E-state index in [-0.39, 0.29) is 17.2 Å². The summed E-state index contributed by atoms with van der Waals surface area (Å²) in [7, 11) is 0. The number of carboxylic acids is 1. The van der Waals surface area contributed by atoms with Gasteiger partial charge in [-0.05, 0) is 50.4 Å². The van der Waals surface area contributed by atoms with Crippen LogP contribution in [-0.2, 0) is 0 Å². The van der Waals surface area contributed by atoms with Crippen LogP contribution in [0.15, 0.2) is 24.3 Å². The highest BCUT2D eigenvalue weighted by Crippen LogP contribution is 2.35. The quantitative estimate of drug-likeness (QED) is 0.742. The smallest absolute Gasteiger partial charge is 0.338 e. The summed E-state index contributed by atoms with van der Waals surface area (Å²) in [6.07, 6.45) is 0.311. The third-order valence-electron chi connectivity index (χ3n) is 4.51. The average molecular weight is 328 g/mol. The zero-order valence-corrected chi connectivity index (χ0v) is 13.5. The number of piperidine rings is 1. The number of rotatable bonds is 4. The second-order valence-corrected chi connectivity index (χ2v) is 6.14. The molecule has 2 aromatic rings. The van der Waals surface area contributed by atoms with E-state index in [2.05, 4.69) is 10.3 Å². The van der Waals surface area contributed by atoms with Crippen molar-refractivity contribution in [1.29, 1.82) is 0 Å². The van der Waals surface area contributed by atoms with Crippen LogP contribution in [0.1, 0.15) is 52.1 Å². The van der Waals surface area contributed by atoms with Crippen molar-refractivity contribution in [3.63, 3.8) is 0 Å². The van der Waals surface area contributed by atoms with Gasteiger partial charge >= 0.3 is 5.97 Å². The summed E-state index contributed by atoms with van der Waals surface area (Å²) in [5, 5.41) is 23.5. The highest BCUT2D eigenvalue weighted by Gasteiger charge is 2.30. The van der Waals surface area contributed by atoms with Crippen molar-refractivity contribution in [3.05, 3.63) is 41.1 Å². The fraction of sp³-hybridized carbons (Fsp3) is 0.389. The predicted molar refractivity (Wildman–Crippen MR) is 89.6 cm³/mol. The molecule has 1 aromatic heterocycles. The number of pyridine rings is 1. The number of nitrogens with zero attached hydrogens (tertiary/aromatic N) is 1.